The Balaban J connectivity index is 1.47. The van der Waals surface area contributed by atoms with E-state index >= 15 is 0 Å². The van der Waals surface area contributed by atoms with Crippen molar-refractivity contribution in [1.29, 1.82) is 0 Å². The van der Waals surface area contributed by atoms with Crippen LogP contribution in [-0.2, 0) is 9.59 Å². The molecule has 3 rings (SSSR count). The van der Waals surface area contributed by atoms with Gasteiger partial charge in [0.05, 0.1) is 24.8 Å². The number of imide groups is 1. The summed E-state index contributed by atoms with van der Waals surface area (Å²) in [5.74, 6) is 0.501. The molecule has 2 aliphatic rings. The lowest BCUT2D eigenvalue weighted by molar-refractivity contribution is -0.139. The van der Waals surface area contributed by atoms with E-state index in [1.807, 2.05) is 13.0 Å². The average molecular weight is 389 g/mol. The van der Waals surface area contributed by atoms with E-state index in [4.69, 9.17) is 4.74 Å². The molecule has 2 heterocycles. The average Bonchev–Trinajstić information content (AvgIpc) is 2.91. The fraction of sp³-hybridized carbons (Fsp3) is 0.619. The molecule has 7 heteroatoms. The number of methoxy groups -OCH3 is 1. The van der Waals surface area contributed by atoms with Gasteiger partial charge in [-0.05, 0) is 44.6 Å². The monoisotopic (exact) mass is 388 g/mol. The van der Waals surface area contributed by atoms with Gasteiger partial charge in [-0.25, -0.2) is 0 Å². The summed E-state index contributed by atoms with van der Waals surface area (Å²) < 4.78 is 5.52. The maximum Gasteiger partial charge on any atom is 0.247 e. The fourth-order valence-corrected chi connectivity index (χ4v) is 4.18. The van der Waals surface area contributed by atoms with Gasteiger partial charge in [-0.1, -0.05) is 13.0 Å². The molecule has 2 saturated heterocycles. The van der Waals surface area contributed by atoms with Crippen LogP contribution in [0.3, 0.4) is 0 Å². The molecule has 0 spiro atoms. The van der Waals surface area contributed by atoms with Crippen molar-refractivity contribution in [3.8, 4) is 5.75 Å². The second kappa shape index (κ2) is 8.92. The number of likely N-dealkylation sites (N-methyl/N-ethyl adjacent to an activating group) is 1. The number of likely N-dealkylation sites (tertiary alicyclic amines) is 1. The van der Waals surface area contributed by atoms with Gasteiger partial charge in [-0.15, -0.1) is 0 Å². The molecule has 1 N–H and O–H groups in total. The zero-order valence-electron chi connectivity index (χ0n) is 17.4. The Morgan fingerprint density at radius 2 is 1.82 bits per heavy atom. The van der Waals surface area contributed by atoms with Crippen LogP contribution in [0.1, 0.15) is 18.9 Å². The smallest absolute Gasteiger partial charge is 0.247 e. The van der Waals surface area contributed by atoms with Gasteiger partial charge in [0.1, 0.15) is 5.75 Å². The molecule has 2 atom stereocenters. The van der Waals surface area contributed by atoms with Crippen LogP contribution < -0.4 is 15.0 Å². The Labute approximate surface area is 167 Å². The number of hydrogen-bond acceptors (Lipinski definition) is 6. The van der Waals surface area contributed by atoms with Crippen molar-refractivity contribution >= 4 is 17.5 Å². The first-order chi connectivity index (χ1) is 13.5. The molecule has 0 aliphatic carbocycles. The van der Waals surface area contributed by atoms with Crippen LogP contribution >= 0.6 is 0 Å². The lowest BCUT2D eigenvalue weighted by Gasteiger charge is -2.37. The van der Waals surface area contributed by atoms with Gasteiger partial charge in [0, 0.05) is 32.7 Å². The summed E-state index contributed by atoms with van der Waals surface area (Å²) >= 11 is 0. The van der Waals surface area contributed by atoms with Gasteiger partial charge in [0.2, 0.25) is 11.8 Å². The molecular weight excluding hydrogens is 356 g/mol. The number of rotatable bonds is 7. The first-order valence-corrected chi connectivity index (χ1v) is 10.1. The van der Waals surface area contributed by atoms with Crippen LogP contribution in [0.2, 0.25) is 0 Å². The number of nitrogens with one attached hydrogen (secondary N) is 1. The van der Waals surface area contributed by atoms with Crippen molar-refractivity contribution in [1.82, 2.24) is 15.1 Å². The van der Waals surface area contributed by atoms with Gasteiger partial charge in [-0.2, -0.15) is 0 Å². The molecule has 2 unspecified atom stereocenters. The van der Waals surface area contributed by atoms with E-state index in [1.54, 1.807) is 14.2 Å². The summed E-state index contributed by atoms with van der Waals surface area (Å²) in [5, 5.41) is 2.96. The summed E-state index contributed by atoms with van der Waals surface area (Å²) in [4.78, 5) is 30.8. The third-order valence-corrected chi connectivity index (χ3v) is 5.90. The summed E-state index contributed by atoms with van der Waals surface area (Å²) in [5.41, 5.74) is 2.38. The third kappa shape index (κ3) is 4.15. The van der Waals surface area contributed by atoms with Crippen LogP contribution in [0.15, 0.2) is 18.2 Å². The normalized spacial score (nSPS) is 23.6. The van der Waals surface area contributed by atoms with Gasteiger partial charge in [-0.3, -0.25) is 19.4 Å². The molecule has 154 valence electrons. The summed E-state index contributed by atoms with van der Waals surface area (Å²) in [6, 6.07) is 5.90. The van der Waals surface area contributed by atoms with Crippen molar-refractivity contribution in [3.63, 3.8) is 0 Å². The van der Waals surface area contributed by atoms with E-state index in [0.717, 1.165) is 50.6 Å². The topological polar surface area (TPSA) is 65.1 Å². The van der Waals surface area contributed by atoms with E-state index < -0.39 is 0 Å². The van der Waals surface area contributed by atoms with E-state index in [-0.39, 0.29) is 23.8 Å². The standard InChI is InChI=1S/C21H32N4O3/c1-15-6-7-18(28-4)17(14-15)24-12-10-23(11-13-24)8-5-9-25-20(26)16(2)19(22-3)21(25)27/h6-7,14,16,19,22H,5,8-13H2,1-4H3. The molecule has 7 nitrogen and oxygen atoms in total. The van der Waals surface area contributed by atoms with E-state index in [0.29, 0.717) is 6.54 Å². The maximum absolute atomic E-state index is 12.3. The Hall–Kier alpha value is -2.12. The van der Waals surface area contributed by atoms with Crippen molar-refractivity contribution in [2.24, 2.45) is 5.92 Å². The number of piperazine rings is 1. The summed E-state index contributed by atoms with van der Waals surface area (Å²) in [7, 11) is 3.45. The number of aryl methyl sites for hydroxylation is 1. The van der Waals surface area contributed by atoms with Crippen LogP contribution in [0.5, 0.6) is 5.75 Å². The highest BCUT2D eigenvalue weighted by atomic mass is 16.5. The summed E-state index contributed by atoms with van der Waals surface area (Å²) in [6.07, 6.45) is 0.814. The van der Waals surface area contributed by atoms with Gasteiger partial charge >= 0.3 is 0 Å². The molecule has 2 fully saturated rings. The molecule has 0 aromatic heterocycles. The van der Waals surface area contributed by atoms with Gasteiger partial charge < -0.3 is 15.0 Å². The number of amides is 2. The van der Waals surface area contributed by atoms with Crippen LogP contribution in [0.25, 0.3) is 0 Å². The number of ether oxygens (including phenoxy) is 1. The van der Waals surface area contributed by atoms with Crippen LogP contribution in [0, 0.1) is 12.8 Å². The predicted octanol–water partition coefficient (Wildman–Crippen LogP) is 1.11. The second-order valence-electron chi connectivity index (χ2n) is 7.74. The van der Waals surface area contributed by atoms with Crippen LogP contribution in [0.4, 0.5) is 5.69 Å². The predicted molar refractivity (Wildman–Crippen MR) is 110 cm³/mol. The molecule has 0 radical (unpaired) electrons. The quantitative estimate of drug-likeness (QED) is 0.706. The number of anilines is 1. The molecule has 0 saturated carbocycles. The van der Waals surface area contributed by atoms with Crippen molar-refractivity contribution in [2.45, 2.75) is 26.3 Å². The molecule has 1 aromatic carbocycles. The Morgan fingerprint density at radius 3 is 2.43 bits per heavy atom. The van der Waals surface area contributed by atoms with Crippen molar-refractivity contribution < 1.29 is 14.3 Å². The van der Waals surface area contributed by atoms with Crippen LogP contribution in [-0.4, -0.2) is 81.1 Å². The molecule has 0 bridgehead atoms. The lowest BCUT2D eigenvalue weighted by atomic mass is 10.1. The van der Waals surface area contributed by atoms with Crippen molar-refractivity contribution in [3.05, 3.63) is 23.8 Å². The highest BCUT2D eigenvalue weighted by Crippen LogP contribution is 2.30. The molecule has 28 heavy (non-hydrogen) atoms. The first-order valence-electron chi connectivity index (χ1n) is 10.1. The Kier molecular flexibility index (Phi) is 6.57. The molecule has 2 aliphatic heterocycles. The van der Waals surface area contributed by atoms with Gasteiger partial charge in [0.15, 0.2) is 0 Å². The Morgan fingerprint density at radius 1 is 1.11 bits per heavy atom. The SMILES string of the molecule is CNC1C(=O)N(CCCN2CCN(c3cc(C)ccc3OC)CC2)C(=O)C1C. The number of carbonyl (C=O) groups excluding carboxylic acids is 2. The third-order valence-electron chi connectivity index (χ3n) is 5.90. The van der Waals surface area contributed by atoms with Gasteiger partial charge in [0.25, 0.3) is 0 Å². The number of nitrogens with zero attached hydrogens (tertiary/aromatic N) is 3. The molecule has 1 aromatic rings. The zero-order valence-corrected chi connectivity index (χ0v) is 17.4. The largest absolute Gasteiger partial charge is 0.495 e. The highest BCUT2D eigenvalue weighted by molar-refractivity contribution is 6.06. The van der Waals surface area contributed by atoms with E-state index in [2.05, 4.69) is 34.2 Å². The molecular formula is C21H32N4O3. The Bertz CT molecular complexity index is 716. The van der Waals surface area contributed by atoms with E-state index in [9.17, 15) is 9.59 Å². The molecule has 2 amide bonds. The first kappa shape index (κ1) is 20.6. The fourth-order valence-electron chi connectivity index (χ4n) is 4.18. The second-order valence-corrected chi connectivity index (χ2v) is 7.74. The lowest BCUT2D eigenvalue weighted by Crippen LogP contribution is -2.47. The van der Waals surface area contributed by atoms with E-state index in [1.165, 1.54) is 10.5 Å². The highest BCUT2D eigenvalue weighted by Gasteiger charge is 2.43. The minimum atomic E-state index is -0.375. The number of benzene rings is 1. The summed E-state index contributed by atoms with van der Waals surface area (Å²) in [6.45, 7) is 9.14. The number of carbonyl (C=O) groups is 2. The minimum absolute atomic E-state index is 0.0549. The zero-order chi connectivity index (χ0) is 20.3. The minimum Gasteiger partial charge on any atom is -0.495 e. The van der Waals surface area contributed by atoms with Crippen molar-refractivity contribution in [2.75, 3.05) is 58.3 Å². The number of hydrogen-bond donors (Lipinski definition) is 1. The maximum atomic E-state index is 12.3.